The Morgan fingerprint density at radius 2 is 2.45 bits per heavy atom. The van der Waals surface area contributed by atoms with Gasteiger partial charge in [-0.05, 0) is 13.0 Å². The zero-order chi connectivity index (χ0) is 8.43. The van der Waals surface area contributed by atoms with Gasteiger partial charge in [-0.15, -0.1) is 11.3 Å². The molecule has 2 nitrogen and oxygen atoms in total. The average molecular weight is 192 g/mol. The van der Waals surface area contributed by atoms with E-state index >= 15 is 0 Å². The second-order valence-corrected chi connectivity index (χ2v) is 4.02. The molecule has 0 radical (unpaired) electrons. The van der Waals surface area contributed by atoms with Crippen molar-refractivity contribution in [1.29, 1.82) is 0 Å². The van der Waals surface area contributed by atoms with E-state index in [0.717, 1.165) is 9.75 Å². The van der Waals surface area contributed by atoms with Crippen molar-refractivity contribution in [3.05, 3.63) is 20.8 Å². The van der Waals surface area contributed by atoms with Gasteiger partial charge in [0.05, 0.1) is 9.90 Å². The number of nitrogens with two attached hydrogens (primary N) is 1. The lowest BCUT2D eigenvalue weighted by Gasteiger charge is -2.03. The van der Waals surface area contributed by atoms with E-state index in [4.69, 9.17) is 17.3 Å². The Labute approximate surface area is 74.6 Å². The van der Waals surface area contributed by atoms with Crippen LogP contribution in [-0.4, -0.2) is 11.7 Å². The van der Waals surface area contributed by atoms with Crippen molar-refractivity contribution in [2.75, 3.05) is 6.54 Å². The summed E-state index contributed by atoms with van der Waals surface area (Å²) in [6, 6.07) is 1.83. The first-order chi connectivity index (χ1) is 5.15. The van der Waals surface area contributed by atoms with Crippen LogP contribution in [0, 0.1) is 6.92 Å². The van der Waals surface area contributed by atoms with Crippen molar-refractivity contribution < 1.29 is 5.11 Å². The van der Waals surface area contributed by atoms with Crippen LogP contribution in [0.4, 0.5) is 0 Å². The summed E-state index contributed by atoms with van der Waals surface area (Å²) < 4.78 is 0. The Balaban J connectivity index is 2.93. The van der Waals surface area contributed by atoms with E-state index in [1.807, 2.05) is 13.0 Å². The number of rotatable bonds is 2. The molecule has 0 aliphatic carbocycles. The molecule has 0 saturated heterocycles. The molecule has 0 fully saturated rings. The lowest BCUT2D eigenvalue weighted by atomic mass is 10.3. The van der Waals surface area contributed by atoms with Crippen LogP contribution in [0.25, 0.3) is 0 Å². The molecular weight excluding hydrogens is 182 g/mol. The third kappa shape index (κ3) is 1.93. The highest BCUT2D eigenvalue weighted by Gasteiger charge is 2.12. The SMILES string of the molecule is Cc1cc(Cl)c(C(O)CN)s1. The van der Waals surface area contributed by atoms with Gasteiger partial charge in [0, 0.05) is 11.4 Å². The Hall–Kier alpha value is -0.0900. The predicted molar refractivity (Wildman–Crippen MR) is 48.1 cm³/mol. The molecule has 0 aromatic carbocycles. The number of hydrogen-bond acceptors (Lipinski definition) is 3. The van der Waals surface area contributed by atoms with Crippen LogP contribution in [0.2, 0.25) is 5.02 Å². The normalized spacial score (nSPS) is 13.5. The summed E-state index contributed by atoms with van der Waals surface area (Å²) in [7, 11) is 0. The van der Waals surface area contributed by atoms with Crippen LogP contribution < -0.4 is 5.73 Å². The van der Waals surface area contributed by atoms with Crippen molar-refractivity contribution in [1.82, 2.24) is 0 Å². The van der Waals surface area contributed by atoms with E-state index in [1.54, 1.807) is 0 Å². The summed E-state index contributed by atoms with van der Waals surface area (Å²) >= 11 is 7.30. The fourth-order valence-corrected chi connectivity index (χ4v) is 2.22. The van der Waals surface area contributed by atoms with Crippen molar-refractivity contribution in [3.8, 4) is 0 Å². The van der Waals surface area contributed by atoms with E-state index < -0.39 is 6.10 Å². The molecule has 4 heteroatoms. The molecular formula is C7H10ClNOS. The van der Waals surface area contributed by atoms with Gasteiger partial charge < -0.3 is 10.8 Å². The van der Waals surface area contributed by atoms with Crippen LogP contribution >= 0.6 is 22.9 Å². The van der Waals surface area contributed by atoms with Gasteiger partial charge in [-0.1, -0.05) is 11.6 Å². The maximum Gasteiger partial charge on any atom is 0.102 e. The molecule has 1 aromatic rings. The van der Waals surface area contributed by atoms with Crippen molar-refractivity contribution >= 4 is 22.9 Å². The van der Waals surface area contributed by atoms with Gasteiger partial charge in [-0.2, -0.15) is 0 Å². The zero-order valence-electron chi connectivity index (χ0n) is 6.17. The first-order valence-corrected chi connectivity index (χ1v) is 4.48. The Morgan fingerprint density at radius 3 is 2.82 bits per heavy atom. The monoisotopic (exact) mass is 191 g/mol. The third-order valence-corrected chi connectivity index (χ3v) is 2.94. The Kier molecular flexibility index (Phi) is 2.90. The summed E-state index contributed by atoms with van der Waals surface area (Å²) in [5.74, 6) is 0. The minimum Gasteiger partial charge on any atom is -0.386 e. The van der Waals surface area contributed by atoms with Gasteiger partial charge in [-0.25, -0.2) is 0 Å². The Bertz CT molecular complexity index is 249. The number of hydrogen-bond donors (Lipinski definition) is 2. The molecule has 1 unspecified atom stereocenters. The van der Waals surface area contributed by atoms with Gasteiger partial charge in [0.1, 0.15) is 6.10 Å². The largest absolute Gasteiger partial charge is 0.386 e. The third-order valence-electron chi connectivity index (χ3n) is 1.36. The molecule has 1 rings (SSSR count). The van der Waals surface area contributed by atoms with Crippen molar-refractivity contribution in [2.45, 2.75) is 13.0 Å². The summed E-state index contributed by atoms with van der Waals surface area (Å²) in [4.78, 5) is 1.86. The molecule has 0 bridgehead atoms. The molecule has 0 aliphatic heterocycles. The summed E-state index contributed by atoms with van der Waals surface area (Å²) in [5.41, 5.74) is 5.28. The highest BCUT2D eigenvalue weighted by molar-refractivity contribution is 7.12. The minimum atomic E-state index is -0.610. The first kappa shape index (κ1) is 9.00. The van der Waals surface area contributed by atoms with Crippen LogP contribution in [-0.2, 0) is 0 Å². The molecule has 1 atom stereocenters. The number of aryl methyl sites for hydroxylation is 1. The molecule has 0 amide bonds. The van der Waals surface area contributed by atoms with Crippen molar-refractivity contribution in [3.63, 3.8) is 0 Å². The predicted octanol–water partition coefficient (Wildman–Crippen LogP) is 1.70. The number of aliphatic hydroxyl groups is 1. The molecule has 62 valence electrons. The first-order valence-electron chi connectivity index (χ1n) is 3.29. The van der Waals surface area contributed by atoms with Gasteiger partial charge >= 0.3 is 0 Å². The lowest BCUT2D eigenvalue weighted by molar-refractivity contribution is 0.190. The zero-order valence-corrected chi connectivity index (χ0v) is 7.75. The summed E-state index contributed by atoms with van der Waals surface area (Å²) in [5, 5.41) is 9.94. The highest BCUT2D eigenvalue weighted by Crippen LogP contribution is 2.31. The van der Waals surface area contributed by atoms with E-state index in [9.17, 15) is 5.11 Å². The highest BCUT2D eigenvalue weighted by atomic mass is 35.5. The number of thiophene rings is 1. The van der Waals surface area contributed by atoms with E-state index in [0.29, 0.717) is 5.02 Å². The van der Waals surface area contributed by atoms with Crippen LogP contribution in [0.15, 0.2) is 6.07 Å². The fraction of sp³-hybridized carbons (Fsp3) is 0.429. The topological polar surface area (TPSA) is 46.2 Å². The van der Waals surface area contributed by atoms with E-state index in [1.165, 1.54) is 11.3 Å². The molecule has 1 heterocycles. The second-order valence-electron chi connectivity index (χ2n) is 2.32. The van der Waals surface area contributed by atoms with Crippen LogP contribution in [0.1, 0.15) is 15.9 Å². The van der Waals surface area contributed by atoms with E-state index in [2.05, 4.69) is 0 Å². The maximum atomic E-state index is 9.32. The molecule has 0 saturated carbocycles. The number of halogens is 1. The van der Waals surface area contributed by atoms with Gasteiger partial charge in [0.15, 0.2) is 0 Å². The fourth-order valence-electron chi connectivity index (χ4n) is 0.835. The van der Waals surface area contributed by atoms with Crippen molar-refractivity contribution in [2.24, 2.45) is 5.73 Å². The molecule has 3 N–H and O–H groups in total. The Morgan fingerprint density at radius 1 is 1.82 bits per heavy atom. The maximum absolute atomic E-state index is 9.32. The van der Waals surface area contributed by atoms with E-state index in [-0.39, 0.29) is 6.54 Å². The van der Waals surface area contributed by atoms with Crippen LogP contribution in [0.3, 0.4) is 0 Å². The van der Waals surface area contributed by atoms with Gasteiger partial charge in [0.25, 0.3) is 0 Å². The van der Waals surface area contributed by atoms with Crippen LogP contribution in [0.5, 0.6) is 0 Å². The standard InChI is InChI=1S/C7H10ClNOS/c1-4-2-5(8)7(11-4)6(10)3-9/h2,6,10H,3,9H2,1H3. The summed E-state index contributed by atoms with van der Waals surface area (Å²) in [6.07, 6.45) is -0.610. The molecule has 0 spiro atoms. The smallest absolute Gasteiger partial charge is 0.102 e. The molecule has 1 aromatic heterocycles. The van der Waals surface area contributed by atoms with Gasteiger partial charge in [-0.3, -0.25) is 0 Å². The van der Waals surface area contributed by atoms with Gasteiger partial charge in [0.2, 0.25) is 0 Å². The quantitative estimate of drug-likeness (QED) is 0.748. The lowest BCUT2D eigenvalue weighted by Crippen LogP contribution is -2.10. The molecule has 0 aliphatic rings. The number of aliphatic hydroxyl groups excluding tert-OH is 1. The molecule has 11 heavy (non-hydrogen) atoms. The second kappa shape index (κ2) is 3.54. The minimum absolute atomic E-state index is 0.222. The average Bonchev–Trinajstić information content (AvgIpc) is 2.28. The summed E-state index contributed by atoms with van der Waals surface area (Å²) in [6.45, 7) is 2.17.